The average molecular weight is 745 g/mol. The van der Waals surface area contributed by atoms with E-state index in [1.807, 2.05) is 0 Å². The minimum atomic E-state index is -0.210. The lowest BCUT2D eigenvalue weighted by Crippen LogP contribution is -2.20. The van der Waals surface area contributed by atoms with Crippen molar-refractivity contribution in [2.45, 2.75) is 19.3 Å². The zero-order chi connectivity index (χ0) is 38.8. The number of nitrogens with zero attached hydrogens (tertiary/aromatic N) is 2. The number of hydrogen-bond acceptors (Lipinski definition) is 3. The smallest absolute Gasteiger partial charge is 0.138 e. The molecular weight excluding hydrogens is 705 g/mol. The van der Waals surface area contributed by atoms with Gasteiger partial charge in [0, 0.05) is 39.5 Å². The van der Waals surface area contributed by atoms with E-state index in [0.717, 1.165) is 67.5 Å². The Morgan fingerprint density at radius 2 is 0.948 bits per heavy atom. The van der Waals surface area contributed by atoms with Gasteiger partial charge in [-0.05, 0) is 105 Å². The van der Waals surface area contributed by atoms with Crippen molar-refractivity contribution in [3.05, 3.63) is 217 Å². The van der Waals surface area contributed by atoms with Crippen LogP contribution in [0.5, 0.6) is 11.5 Å². The van der Waals surface area contributed by atoms with Crippen molar-refractivity contribution in [3.8, 4) is 44.9 Å². The Morgan fingerprint density at radius 1 is 0.397 bits per heavy atom. The molecule has 276 valence electrons. The minimum Gasteiger partial charge on any atom is -0.456 e. The molecule has 1 aliphatic carbocycles. The molecule has 0 fully saturated rings. The molecular formula is C55H40N2O. The van der Waals surface area contributed by atoms with Crippen LogP contribution < -0.4 is 14.5 Å². The third kappa shape index (κ3) is 5.35. The lowest BCUT2D eigenvalue weighted by molar-refractivity contribution is 0.487. The van der Waals surface area contributed by atoms with Gasteiger partial charge in [0.25, 0.3) is 0 Å². The van der Waals surface area contributed by atoms with Gasteiger partial charge in [-0.1, -0.05) is 153 Å². The lowest BCUT2D eigenvalue weighted by atomic mass is 9.81. The second kappa shape index (κ2) is 13.4. The molecule has 0 aromatic heterocycles. The first-order valence-electron chi connectivity index (χ1n) is 20.0. The van der Waals surface area contributed by atoms with Crippen LogP contribution in [-0.4, -0.2) is 0 Å². The van der Waals surface area contributed by atoms with Crippen molar-refractivity contribution in [1.82, 2.24) is 0 Å². The Morgan fingerprint density at radius 3 is 1.69 bits per heavy atom. The molecule has 3 nitrogen and oxygen atoms in total. The third-order valence-electron chi connectivity index (χ3n) is 12.0. The molecule has 3 heteroatoms. The Bertz CT molecular complexity index is 2950. The van der Waals surface area contributed by atoms with E-state index in [0.29, 0.717) is 0 Å². The molecule has 0 spiro atoms. The van der Waals surface area contributed by atoms with Gasteiger partial charge in [-0.2, -0.15) is 0 Å². The summed E-state index contributed by atoms with van der Waals surface area (Å²) in [5, 5.41) is 2.23. The van der Waals surface area contributed by atoms with E-state index in [2.05, 4.69) is 230 Å². The average Bonchev–Trinajstić information content (AvgIpc) is 3.51. The summed E-state index contributed by atoms with van der Waals surface area (Å²) >= 11 is 0. The molecule has 0 N–H and O–H groups in total. The fourth-order valence-electron chi connectivity index (χ4n) is 9.42. The predicted octanol–water partition coefficient (Wildman–Crippen LogP) is 15.5. The van der Waals surface area contributed by atoms with E-state index in [9.17, 15) is 0 Å². The van der Waals surface area contributed by atoms with Gasteiger partial charge in [-0.15, -0.1) is 0 Å². The topological polar surface area (TPSA) is 15.7 Å². The van der Waals surface area contributed by atoms with Crippen LogP contribution in [0.15, 0.2) is 206 Å². The van der Waals surface area contributed by atoms with Crippen LogP contribution >= 0.6 is 0 Å². The van der Waals surface area contributed by atoms with Gasteiger partial charge in [0.2, 0.25) is 0 Å². The number of ether oxygens (including phenoxy) is 1. The van der Waals surface area contributed by atoms with Crippen molar-refractivity contribution >= 4 is 44.9 Å². The molecule has 58 heavy (non-hydrogen) atoms. The standard InChI is InChI=1S/C55H40N2O/c1-55(2)47-27-13-12-24-44(47)45-25-15-29-49(54(45)55)57(42-33-31-38(32-34-42)37-17-6-3-7-18-37)43-35-39-19-14-26-46-52(39)51(36-43)58-50-30-16-28-48(53(46)50)56(40-20-8-4-9-21-40)41-22-10-5-11-23-41/h3-36H,1-2H3. The van der Waals surface area contributed by atoms with Crippen molar-refractivity contribution in [2.24, 2.45) is 0 Å². The molecule has 0 saturated heterocycles. The van der Waals surface area contributed by atoms with Crippen LogP contribution in [0.1, 0.15) is 25.0 Å². The summed E-state index contributed by atoms with van der Waals surface area (Å²) in [5.74, 6) is 1.68. The van der Waals surface area contributed by atoms with Gasteiger partial charge in [0.05, 0.1) is 17.1 Å². The number of fused-ring (bicyclic) bond motifs is 5. The zero-order valence-corrected chi connectivity index (χ0v) is 32.4. The molecule has 1 heterocycles. The third-order valence-corrected chi connectivity index (χ3v) is 12.0. The fraction of sp³-hybridized carbons (Fsp3) is 0.0545. The van der Waals surface area contributed by atoms with Crippen LogP contribution in [0.25, 0.3) is 44.2 Å². The molecule has 0 bridgehead atoms. The van der Waals surface area contributed by atoms with Crippen LogP contribution in [0.2, 0.25) is 0 Å². The molecule has 0 unspecified atom stereocenters. The summed E-state index contributed by atoms with van der Waals surface area (Å²) in [7, 11) is 0. The van der Waals surface area contributed by atoms with E-state index >= 15 is 0 Å². The molecule has 9 aromatic carbocycles. The Kier molecular flexibility index (Phi) is 7.84. The van der Waals surface area contributed by atoms with E-state index in [1.165, 1.54) is 33.4 Å². The molecule has 1 aliphatic heterocycles. The molecule has 9 aromatic rings. The Labute approximate surface area is 339 Å². The van der Waals surface area contributed by atoms with E-state index in [-0.39, 0.29) is 5.41 Å². The lowest BCUT2D eigenvalue weighted by Gasteiger charge is -2.34. The largest absolute Gasteiger partial charge is 0.456 e. The van der Waals surface area contributed by atoms with Gasteiger partial charge in [-0.3, -0.25) is 0 Å². The van der Waals surface area contributed by atoms with Crippen molar-refractivity contribution < 1.29 is 4.74 Å². The van der Waals surface area contributed by atoms with Crippen LogP contribution in [0.4, 0.5) is 34.1 Å². The maximum atomic E-state index is 7.08. The van der Waals surface area contributed by atoms with Crippen LogP contribution in [0, 0.1) is 0 Å². The number of rotatable bonds is 7. The number of anilines is 6. The molecule has 0 saturated carbocycles. The highest BCUT2D eigenvalue weighted by molar-refractivity contribution is 6.09. The summed E-state index contributed by atoms with van der Waals surface area (Å²) in [6.07, 6.45) is 0. The Balaban J connectivity index is 1.11. The van der Waals surface area contributed by atoms with Crippen LogP contribution in [0.3, 0.4) is 0 Å². The second-order valence-electron chi connectivity index (χ2n) is 15.7. The monoisotopic (exact) mass is 744 g/mol. The number of para-hydroxylation sites is 2. The first-order valence-corrected chi connectivity index (χ1v) is 20.0. The summed E-state index contributed by atoms with van der Waals surface area (Å²) in [4.78, 5) is 4.77. The van der Waals surface area contributed by atoms with Gasteiger partial charge >= 0.3 is 0 Å². The first kappa shape index (κ1) is 33.9. The predicted molar refractivity (Wildman–Crippen MR) is 242 cm³/mol. The maximum absolute atomic E-state index is 7.08. The normalized spacial score (nSPS) is 12.9. The summed E-state index contributed by atoms with van der Waals surface area (Å²) < 4.78 is 7.08. The quantitative estimate of drug-likeness (QED) is 0.162. The molecule has 0 radical (unpaired) electrons. The van der Waals surface area contributed by atoms with E-state index in [1.54, 1.807) is 0 Å². The van der Waals surface area contributed by atoms with Gasteiger partial charge in [-0.25, -0.2) is 0 Å². The molecule has 2 aliphatic rings. The zero-order valence-electron chi connectivity index (χ0n) is 32.4. The summed E-state index contributed by atoms with van der Waals surface area (Å²) in [6.45, 7) is 4.72. The Hall–Kier alpha value is -7.36. The summed E-state index contributed by atoms with van der Waals surface area (Å²) in [6, 6.07) is 74.1. The van der Waals surface area contributed by atoms with Crippen molar-refractivity contribution in [2.75, 3.05) is 9.80 Å². The minimum absolute atomic E-state index is 0.210. The van der Waals surface area contributed by atoms with Crippen molar-refractivity contribution in [1.29, 1.82) is 0 Å². The second-order valence-corrected chi connectivity index (χ2v) is 15.7. The van der Waals surface area contributed by atoms with Gasteiger partial charge < -0.3 is 14.5 Å². The first-order chi connectivity index (χ1) is 28.5. The van der Waals surface area contributed by atoms with Crippen LogP contribution in [-0.2, 0) is 5.41 Å². The summed E-state index contributed by atoms with van der Waals surface area (Å²) in [5.41, 5.74) is 16.2. The van der Waals surface area contributed by atoms with E-state index in [4.69, 9.17) is 4.74 Å². The molecule has 0 atom stereocenters. The van der Waals surface area contributed by atoms with Gasteiger partial charge in [0.1, 0.15) is 11.5 Å². The molecule has 11 rings (SSSR count). The van der Waals surface area contributed by atoms with Crippen molar-refractivity contribution in [3.63, 3.8) is 0 Å². The highest BCUT2D eigenvalue weighted by Crippen LogP contribution is 2.57. The van der Waals surface area contributed by atoms with E-state index < -0.39 is 0 Å². The fourth-order valence-corrected chi connectivity index (χ4v) is 9.42. The SMILES string of the molecule is CC1(C)c2ccccc2-c2cccc(N(c3ccc(-c4ccccc4)cc3)c3cc4c5c(cccc5c3)-c3c(cccc3N(c3ccccc3)c3ccccc3)O4)c21. The number of benzene rings is 9. The highest BCUT2D eigenvalue weighted by atomic mass is 16.5. The highest BCUT2D eigenvalue weighted by Gasteiger charge is 2.39. The van der Waals surface area contributed by atoms with Gasteiger partial charge in [0.15, 0.2) is 0 Å². The maximum Gasteiger partial charge on any atom is 0.138 e. The number of hydrogen-bond donors (Lipinski definition) is 0. The molecule has 0 amide bonds.